The maximum absolute atomic E-state index is 5.69. The van der Waals surface area contributed by atoms with E-state index in [0.29, 0.717) is 11.4 Å². The van der Waals surface area contributed by atoms with E-state index in [-0.39, 0.29) is 6.10 Å². The number of alkyl halides is 1. The van der Waals surface area contributed by atoms with Crippen molar-refractivity contribution in [1.82, 2.24) is 0 Å². The molecule has 1 nitrogen and oxygen atoms in total. The molecule has 1 aliphatic carbocycles. The lowest BCUT2D eigenvalue weighted by Gasteiger charge is -2.29. The Balaban J connectivity index is 2.25. The number of fused-ring (bicyclic) bond motifs is 1. The van der Waals surface area contributed by atoms with E-state index in [9.17, 15) is 0 Å². The van der Waals surface area contributed by atoms with Gasteiger partial charge in [-0.3, -0.25) is 0 Å². The highest BCUT2D eigenvalue weighted by atomic mass is 79.9. The fourth-order valence-corrected chi connectivity index (χ4v) is 2.68. The van der Waals surface area contributed by atoms with E-state index < -0.39 is 0 Å². The summed E-state index contributed by atoms with van der Waals surface area (Å²) in [6, 6.07) is 8.42. The molecule has 0 amide bonds. The number of rotatable bonds is 2. The van der Waals surface area contributed by atoms with Crippen molar-refractivity contribution in [2.75, 3.05) is 6.61 Å². The molecule has 15 heavy (non-hydrogen) atoms. The van der Waals surface area contributed by atoms with Gasteiger partial charge < -0.3 is 4.74 Å². The van der Waals surface area contributed by atoms with E-state index in [2.05, 4.69) is 46.1 Å². The van der Waals surface area contributed by atoms with Gasteiger partial charge in [-0.1, -0.05) is 46.1 Å². The van der Waals surface area contributed by atoms with Crippen LogP contribution in [-0.2, 0) is 11.2 Å². The van der Waals surface area contributed by atoms with Crippen molar-refractivity contribution in [3.63, 3.8) is 0 Å². The summed E-state index contributed by atoms with van der Waals surface area (Å²) >= 11 is 3.66. The molecule has 0 spiro atoms. The Labute approximate surface area is 99.0 Å². The fourth-order valence-electron chi connectivity index (χ4n) is 2.01. The van der Waals surface area contributed by atoms with Crippen LogP contribution in [0.5, 0.6) is 0 Å². The first-order chi connectivity index (χ1) is 7.33. The van der Waals surface area contributed by atoms with Gasteiger partial charge >= 0.3 is 0 Å². The lowest BCUT2D eigenvalue weighted by Crippen LogP contribution is -2.23. The second kappa shape index (κ2) is 4.83. The minimum absolute atomic E-state index is 0.103. The molecule has 2 heteroatoms. The summed E-state index contributed by atoms with van der Waals surface area (Å²) in [7, 11) is 0. The zero-order valence-corrected chi connectivity index (χ0v) is 10.0. The van der Waals surface area contributed by atoms with Gasteiger partial charge in [0.2, 0.25) is 0 Å². The highest BCUT2D eigenvalue weighted by molar-refractivity contribution is 9.09. The van der Waals surface area contributed by atoms with Crippen LogP contribution in [0.4, 0.5) is 0 Å². The molecule has 2 atom stereocenters. The van der Waals surface area contributed by atoms with Crippen LogP contribution in [0.2, 0.25) is 0 Å². The minimum atomic E-state index is 0.103. The molecule has 1 aromatic rings. The van der Waals surface area contributed by atoms with E-state index >= 15 is 0 Å². The summed E-state index contributed by atoms with van der Waals surface area (Å²) < 4.78 is 5.69. The van der Waals surface area contributed by atoms with Crippen LogP contribution in [0.15, 0.2) is 24.3 Å². The quantitative estimate of drug-likeness (QED) is 0.589. The SMILES string of the molecule is C#CCO[C@H]1c2ccccc2CC[C@@H]1Br. The second-order valence-corrected chi connectivity index (χ2v) is 4.87. The van der Waals surface area contributed by atoms with Crippen molar-refractivity contribution in [1.29, 1.82) is 0 Å². The zero-order chi connectivity index (χ0) is 10.7. The number of aryl methyl sites for hydroxylation is 1. The van der Waals surface area contributed by atoms with Crippen LogP contribution in [0.1, 0.15) is 23.7 Å². The molecule has 0 unspecified atom stereocenters. The zero-order valence-electron chi connectivity index (χ0n) is 8.45. The van der Waals surface area contributed by atoms with Gasteiger partial charge in [0, 0.05) is 4.83 Å². The van der Waals surface area contributed by atoms with Crippen molar-refractivity contribution in [3.05, 3.63) is 35.4 Å². The lowest BCUT2D eigenvalue weighted by molar-refractivity contribution is 0.0708. The Morgan fingerprint density at radius 3 is 3.07 bits per heavy atom. The number of hydrogen-bond donors (Lipinski definition) is 0. The predicted octanol–water partition coefficient (Wildman–Crippen LogP) is 3.09. The van der Waals surface area contributed by atoms with Gasteiger partial charge in [-0.05, 0) is 24.0 Å². The number of halogens is 1. The first-order valence-electron chi connectivity index (χ1n) is 5.10. The standard InChI is InChI=1S/C13H13BrO/c1-2-9-15-13-11-6-4-3-5-10(11)7-8-12(13)14/h1,3-6,12-13H,7-9H2/t12-,13-/m0/s1. The van der Waals surface area contributed by atoms with Gasteiger partial charge in [-0.25, -0.2) is 0 Å². The van der Waals surface area contributed by atoms with Gasteiger partial charge in [-0.2, -0.15) is 0 Å². The molecular formula is C13H13BrO. The average Bonchev–Trinajstić information content (AvgIpc) is 2.28. The highest BCUT2D eigenvalue weighted by Crippen LogP contribution is 2.36. The third-order valence-corrected chi connectivity index (χ3v) is 3.66. The van der Waals surface area contributed by atoms with Crippen molar-refractivity contribution in [2.24, 2.45) is 0 Å². The number of hydrogen-bond acceptors (Lipinski definition) is 1. The van der Waals surface area contributed by atoms with Crippen molar-refractivity contribution in [3.8, 4) is 12.3 Å². The van der Waals surface area contributed by atoms with Crippen LogP contribution < -0.4 is 0 Å². The fraction of sp³-hybridized carbons (Fsp3) is 0.385. The second-order valence-electron chi connectivity index (χ2n) is 3.69. The van der Waals surface area contributed by atoms with Crippen LogP contribution >= 0.6 is 15.9 Å². The van der Waals surface area contributed by atoms with Gasteiger partial charge in [-0.15, -0.1) is 6.42 Å². The smallest absolute Gasteiger partial charge is 0.108 e. The van der Waals surface area contributed by atoms with Crippen LogP contribution in [-0.4, -0.2) is 11.4 Å². The summed E-state index contributed by atoms with van der Waals surface area (Å²) in [5.41, 5.74) is 2.66. The first-order valence-corrected chi connectivity index (χ1v) is 6.01. The van der Waals surface area contributed by atoms with Gasteiger partial charge in [0.1, 0.15) is 6.61 Å². The molecule has 0 aliphatic heterocycles. The Bertz CT molecular complexity index is 380. The largest absolute Gasteiger partial charge is 0.360 e. The Morgan fingerprint density at radius 1 is 1.47 bits per heavy atom. The van der Waals surface area contributed by atoms with Gasteiger partial charge in [0.25, 0.3) is 0 Å². The summed E-state index contributed by atoms with van der Waals surface area (Å²) in [5.74, 6) is 2.52. The molecule has 0 N–H and O–H groups in total. The maximum atomic E-state index is 5.69. The van der Waals surface area contributed by atoms with Crippen LogP contribution in [0, 0.1) is 12.3 Å². The van der Waals surface area contributed by atoms with Crippen LogP contribution in [0.25, 0.3) is 0 Å². The molecule has 0 bridgehead atoms. The van der Waals surface area contributed by atoms with Crippen molar-refractivity contribution >= 4 is 15.9 Å². The number of ether oxygens (including phenoxy) is 1. The van der Waals surface area contributed by atoms with Crippen LogP contribution in [0.3, 0.4) is 0 Å². The molecule has 0 saturated carbocycles. The highest BCUT2D eigenvalue weighted by Gasteiger charge is 2.27. The Morgan fingerprint density at radius 2 is 2.27 bits per heavy atom. The molecule has 0 radical (unpaired) electrons. The normalized spacial score (nSPS) is 24.3. The molecular weight excluding hydrogens is 252 g/mol. The molecule has 0 aromatic heterocycles. The molecule has 78 valence electrons. The molecule has 1 aliphatic rings. The van der Waals surface area contributed by atoms with Crippen molar-refractivity contribution in [2.45, 2.75) is 23.8 Å². The van der Waals surface area contributed by atoms with Gasteiger partial charge in [0.15, 0.2) is 0 Å². The maximum Gasteiger partial charge on any atom is 0.108 e. The minimum Gasteiger partial charge on any atom is -0.360 e. The first kappa shape index (κ1) is 10.7. The van der Waals surface area contributed by atoms with E-state index in [1.54, 1.807) is 0 Å². The van der Waals surface area contributed by atoms with E-state index in [1.165, 1.54) is 11.1 Å². The summed E-state index contributed by atoms with van der Waals surface area (Å²) in [6.07, 6.45) is 7.54. The number of benzene rings is 1. The molecule has 0 saturated heterocycles. The molecule has 2 rings (SSSR count). The summed E-state index contributed by atoms with van der Waals surface area (Å²) in [6.45, 7) is 0.376. The average molecular weight is 265 g/mol. The Kier molecular flexibility index (Phi) is 3.45. The number of terminal acetylenes is 1. The monoisotopic (exact) mass is 264 g/mol. The van der Waals surface area contributed by atoms with E-state index in [1.807, 2.05) is 0 Å². The van der Waals surface area contributed by atoms with Gasteiger partial charge in [0.05, 0.1) is 6.10 Å². The summed E-state index contributed by atoms with van der Waals surface area (Å²) in [5, 5.41) is 0. The lowest BCUT2D eigenvalue weighted by atomic mass is 9.89. The molecule has 0 fully saturated rings. The molecule has 0 heterocycles. The van der Waals surface area contributed by atoms with E-state index in [4.69, 9.17) is 11.2 Å². The Hall–Kier alpha value is -0.780. The third-order valence-electron chi connectivity index (χ3n) is 2.73. The van der Waals surface area contributed by atoms with E-state index in [0.717, 1.165) is 12.8 Å². The third kappa shape index (κ3) is 2.25. The summed E-state index contributed by atoms with van der Waals surface area (Å²) in [4.78, 5) is 0.376. The molecule has 1 aromatic carbocycles. The van der Waals surface area contributed by atoms with Crippen molar-refractivity contribution < 1.29 is 4.74 Å². The topological polar surface area (TPSA) is 9.23 Å². The predicted molar refractivity (Wildman–Crippen MR) is 65.0 cm³/mol.